The minimum Gasteiger partial charge on any atom is -0.350 e. The molecule has 4 aromatic rings. The first-order chi connectivity index (χ1) is 16.4. The second-order valence-electron chi connectivity index (χ2n) is 8.94. The Morgan fingerprint density at radius 2 is 1.74 bits per heavy atom. The van der Waals surface area contributed by atoms with Crippen LogP contribution in [-0.4, -0.2) is 26.8 Å². The SMILES string of the molecule is CCc1ccc(CN2C(=O)c3cc4ccsc4n3C[C@@]2(C)C(=O)NCc2ccc(F)cc2)cc1. The molecule has 5 nitrogen and oxygen atoms in total. The normalized spacial score (nSPS) is 17.7. The van der Waals surface area contributed by atoms with E-state index in [4.69, 9.17) is 0 Å². The summed E-state index contributed by atoms with van der Waals surface area (Å²) in [6, 6.07) is 18.1. The summed E-state index contributed by atoms with van der Waals surface area (Å²) in [4.78, 5) is 30.0. The fourth-order valence-corrected chi connectivity index (χ4v) is 5.44. The Labute approximate surface area is 201 Å². The number of carbonyl (C=O) groups is 2. The molecule has 7 heteroatoms. The van der Waals surface area contributed by atoms with Gasteiger partial charge in [0.2, 0.25) is 5.91 Å². The van der Waals surface area contributed by atoms with E-state index in [1.54, 1.807) is 28.4 Å². The van der Waals surface area contributed by atoms with Gasteiger partial charge >= 0.3 is 0 Å². The molecule has 1 atom stereocenters. The molecule has 0 spiro atoms. The molecule has 0 bridgehead atoms. The molecule has 174 valence electrons. The van der Waals surface area contributed by atoms with Crippen molar-refractivity contribution < 1.29 is 14.0 Å². The van der Waals surface area contributed by atoms with Gasteiger partial charge in [0.1, 0.15) is 21.9 Å². The molecule has 0 radical (unpaired) electrons. The molecule has 1 aliphatic heterocycles. The highest BCUT2D eigenvalue weighted by molar-refractivity contribution is 7.16. The molecule has 3 heterocycles. The van der Waals surface area contributed by atoms with Crippen LogP contribution < -0.4 is 5.32 Å². The summed E-state index contributed by atoms with van der Waals surface area (Å²) in [6.45, 7) is 4.89. The van der Waals surface area contributed by atoms with Crippen molar-refractivity contribution in [3.05, 3.63) is 94.2 Å². The summed E-state index contributed by atoms with van der Waals surface area (Å²) in [5.74, 6) is -0.714. The number of nitrogens with one attached hydrogen (secondary N) is 1. The first kappa shape index (κ1) is 22.3. The Morgan fingerprint density at radius 1 is 1.06 bits per heavy atom. The molecule has 34 heavy (non-hydrogen) atoms. The van der Waals surface area contributed by atoms with E-state index in [-0.39, 0.29) is 24.2 Å². The lowest BCUT2D eigenvalue weighted by molar-refractivity contribution is -0.133. The Morgan fingerprint density at radius 3 is 2.44 bits per heavy atom. The molecule has 0 saturated carbocycles. The lowest BCUT2D eigenvalue weighted by Crippen LogP contribution is -2.63. The van der Waals surface area contributed by atoms with E-state index < -0.39 is 5.54 Å². The van der Waals surface area contributed by atoms with Crippen LogP contribution in [0.5, 0.6) is 0 Å². The maximum Gasteiger partial charge on any atom is 0.271 e. The molecule has 0 saturated heterocycles. The van der Waals surface area contributed by atoms with Crippen LogP contribution in [0.4, 0.5) is 4.39 Å². The minimum atomic E-state index is -1.09. The van der Waals surface area contributed by atoms with Gasteiger partial charge in [0.25, 0.3) is 5.91 Å². The third-order valence-electron chi connectivity index (χ3n) is 6.66. The summed E-state index contributed by atoms with van der Waals surface area (Å²) < 4.78 is 15.2. The molecule has 0 aliphatic carbocycles. The molecule has 2 aromatic carbocycles. The van der Waals surface area contributed by atoms with E-state index in [0.29, 0.717) is 18.8 Å². The zero-order valence-electron chi connectivity index (χ0n) is 19.2. The third-order valence-corrected chi connectivity index (χ3v) is 7.61. The molecular weight excluding hydrogens is 449 g/mol. The Kier molecular flexibility index (Phi) is 5.73. The summed E-state index contributed by atoms with van der Waals surface area (Å²) in [6.07, 6.45) is 0.941. The predicted octanol–water partition coefficient (Wildman–Crippen LogP) is 5.14. The number of nitrogens with zero attached hydrogens (tertiary/aromatic N) is 2. The van der Waals surface area contributed by atoms with Gasteiger partial charge in [-0.05, 0) is 59.7 Å². The van der Waals surface area contributed by atoms with Crippen LogP contribution in [0, 0.1) is 5.82 Å². The van der Waals surface area contributed by atoms with Crippen molar-refractivity contribution in [2.45, 2.75) is 45.4 Å². The monoisotopic (exact) mass is 475 g/mol. The number of aryl methyl sites for hydroxylation is 1. The first-order valence-electron chi connectivity index (χ1n) is 11.4. The first-order valence-corrected chi connectivity index (χ1v) is 12.3. The second kappa shape index (κ2) is 8.72. The Bertz CT molecular complexity index is 1360. The van der Waals surface area contributed by atoms with E-state index in [1.165, 1.54) is 17.7 Å². The summed E-state index contributed by atoms with van der Waals surface area (Å²) in [5, 5.41) is 5.99. The molecule has 5 rings (SSSR count). The topological polar surface area (TPSA) is 54.3 Å². The highest BCUT2D eigenvalue weighted by Crippen LogP contribution is 2.35. The van der Waals surface area contributed by atoms with E-state index in [0.717, 1.165) is 27.8 Å². The van der Waals surface area contributed by atoms with Crippen LogP contribution in [0.25, 0.3) is 10.2 Å². The van der Waals surface area contributed by atoms with Crippen molar-refractivity contribution in [3.63, 3.8) is 0 Å². The fourth-order valence-electron chi connectivity index (χ4n) is 4.54. The maximum atomic E-state index is 13.7. The molecule has 0 unspecified atom stereocenters. The van der Waals surface area contributed by atoms with Gasteiger partial charge in [0.15, 0.2) is 0 Å². The Hall–Kier alpha value is -3.45. The van der Waals surface area contributed by atoms with Gasteiger partial charge in [-0.2, -0.15) is 0 Å². The lowest BCUT2D eigenvalue weighted by Gasteiger charge is -2.44. The standard InChI is InChI=1S/C27H26FN3O2S/c1-3-18-4-6-20(7-5-18)16-31-24(32)23-14-21-12-13-34-25(21)30(23)17-27(31,2)26(33)29-15-19-8-10-22(28)11-9-19/h4-14H,3,15-17H2,1-2H3,(H,29,33)/t27-/m0/s1. The largest absolute Gasteiger partial charge is 0.350 e. The molecule has 1 N–H and O–H groups in total. The zero-order valence-corrected chi connectivity index (χ0v) is 20.0. The van der Waals surface area contributed by atoms with E-state index in [1.807, 2.05) is 41.1 Å². The van der Waals surface area contributed by atoms with E-state index in [9.17, 15) is 14.0 Å². The number of aromatic nitrogens is 1. The van der Waals surface area contributed by atoms with Gasteiger partial charge in [-0.25, -0.2) is 4.39 Å². The van der Waals surface area contributed by atoms with Gasteiger partial charge in [-0.3, -0.25) is 9.59 Å². The average Bonchev–Trinajstić information content (AvgIpc) is 3.44. The number of rotatable bonds is 6. The lowest BCUT2D eigenvalue weighted by atomic mass is 9.93. The van der Waals surface area contributed by atoms with Gasteiger partial charge in [-0.15, -0.1) is 11.3 Å². The van der Waals surface area contributed by atoms with E-state index >= 15 is 0 Å². The van der Waals surface area contributed by atoms with Crippen LogP contribution in [0.3, 0.4) is 0 Å². The maximum absolute atomic E-state index is 13.7. The zero-order chi connectivity index (χ0) is 23.9. The van der Waals surface area contributed by atoms with Crippen molar-refractivity contribution in [2.75, 3.05) is 0 Å². The highest BCUT2D eigenvalue weighted by atomic mass is 32.1. The van der Waals surface area contributed by atoms with Gasteiger partial charge in [0, 0.05) is 18.5 Å². The second-order valence-corrected chi connectivity index (χ2v) is 9.84. The minimum absolute atomic E-state index is 0.159. The Balaban J connectivity index is 1.48. The van der Waals surface area contributed by atoms with Crippen LogP contribution in [0.1, 0.15) is 41.0 Å². The fraction of sp³-hybridized carbons (Fsp3) is 0.259. The molecule has 2 amide bonds. The van der Waals surface area contributed by atoms with Crippen LogP contribution in [0.2, 0.25) is 0 Å². The third kappa shape index (κ3) is 3.90. The van der Waals surface area contributed by atoms with E-state index in [2.05, 4.69) is 24.4 Å². The number of halogens is 1. The number of fused-ring (bicyclic) bond motifs is 3. The quantitative estimate of drug-likeness (QED) is 0.420. The van der Waals surface area contributed by atoms with Crippen LogP contribution >= 0.6 is 11.3 Å². The van der Waals surface area contributed by atoms with Gasteiger partial charge in [0.05, 0.1) is 6.54 Å². The van der Waals surface area contributed by atoms with Crippen molar-refractivity contribution in [1.29, 1.82) is 0 Å². The molecular formula is C27H26FN3O2S. The number of hydrogen-bond donors (Lipinski definition) is 1. The number of benzene rings is 2. The molecule has 1 aliphatic rings. The van der Waals surface area contributed by atoms with Crippen LogP contribution in [0.15, 0.2) is 66.0 Å². The summed E-state index contributed by atoms with van der Waals surface area (Å²) in [5.41, 5.74) is 2.51. The highest BCUT2D eigenvalue weighted by Gasteiger charge is 2.47. The van der Waals surface area contributed by atoms with Gasteiger partial charge in [-0.1, -0.05) is 43.3 Å². The van der Waals surface area contributed by atoms with Crippen molar-refractivity contribution in [2.24, 2.45) is 0 Å². The number of carbonyl (C=O) groups excluding carboxylic acids is 2. The van der Waals surface area contributed by atoms with Crippen molar-refractivity contribution in [3.8, 4) is 0 Å². The van der Waals surface area contributed by atoms with Crippen LogP contribution in [-0.2, 0) is 30.8 Å². The van der Waals surface area contributed by atoms with Crippen molar-refractivity contribution in [1.82, 2.24) is 14.8 Å². The molecule has 0 fully saturated rings. The number of thiophene rings is 1. The number of hydrogen-bond acceptors (Lipinski definition) is 3. The van der Waals surface area contributed by atoms with Crippen molar-refractivity contribution >= 4 is 33.4 Å². The average molecular weight is 476 g/mol. The predicted molar refractivity (Wildman–Crippen MR) is 132 cm³/mol. The molecule has 2 aromatic heterocycles. The smallest absolute Gasteiger partial charge is 0.271 e. The van der Waals surface area contributed by atoms with Gasteiger partial charge < -0.3 is 14.8 Å². The summed E-state index contributed by atoms with van der Waals surface area (Å²) >= 11 is 1.57. The summed E-state index contributed by atoms with van der Waals surface area (Å²) in [7, 11) is 0. The number of amides is 2.